The lowest BCUT2D eigenvalue weighted by atomic mass is 10.1. The first-order chi connectivity index (χ1) is 14.5. The Labute approximate surface area is 177 Å². The number of carbonyl (C=O) groups is 1. The van der Waals surface area contributed by atoms with Crippen molar-refractivity contribution >= 4 is 26.8 Å². The third-order valence-corrected chi connectivity index (χ3v) is 7.40. The van der Waals surface area contributed by atoms with E-state index >= 15 is 0 Å². The highest BCUT2D eigenvalue weighted by Gasteiger charge is 2.31. The summed E-state index contributed by atoms with van der Waals surface area (Å²) in [5.41, 5.74) is 2.36. The SMILES string of the molecule is CCCc1ccc(S(=O)(=O)N2CCN(C(=O)c3cccc4cccnc34)CC2)cc1. The Bertz CT molecular complexity index is 1150. The van der Waals surface area contributed by atoms with Crippen LogP contribution in [0.2, 0.25) is 0 Å². The molecule has 30 heavy (non-hydrogen) atoms. The number of hydrogen-bond donors (Lipinski definition) is 0. The number of aromatic nitrogens is 1. The number of aryl methyl sites for hydroxylation is 1. The number of pyridine rings is 1. The highest BCUT2D eigenvalue weighted by Crippen LogP contribution is 2.22. The summed E-state index contributed by atoms with van der Waals surface area (Å²) in [6.07, 6.45) is 3.63. The molecule has 3 aromatic rings. The molecule has 2 aromatic carbocycles. The maximum Gasteiger partial charge on any atom is 0.256 e. The van der Waals surface area contributed by atoms with Crippen LogP contribution in [0.5, 0.6) is 0 Å². The Hall–Kier alpha value is -2.77. The lowest BCUT2D eigenvalue weighted by Gasteiger charge is -2.34. The Morgan fingerprint density at radius 3 is 2.37 bits per heavy atom. The van der Waals surface area contributed by atoms with Crippen LogP contribution in [-0.2, 0) is 16.4 Å². The van der Waals surface area contributed by atoms with Crippen molar-refractivity contribution in [2.45, 2.75) is 24.7 Å². The Balaban J connectivity index is 1.47. The van der Waals surface area contributed by atoms with Crippen LogP contribution in [0, 0.1) is 0 Å². The van der Waals surface area contributed by atoms with E-state index in [1.54, 1.807) is 29.3 Å². The fourth-order valence-electron chi connectivity index (χ4n) is 3.84. The zero-order valence-corrected chi connectivity index (χ0v) is 17.8. The standard InChI is InChI=1S/C23H25N3O3S/c1-2-5-18-9-11-20(12-10-18)30(28,29)26-16-14-25(15-17-26)23(27)21-8-3-6-19-7-4-13-24-22(19)21/h3-4,6-13H,2,5,14-17H2,1H3. The van der Waals surface area contributed by atoms with E-state index in [2.05, 4.69) is 11.9 Å². The summed E-state index contributed by atoms with van der Waals surface area (Å²) < 4.78 is 27.4. The molecule has 0 unspecified atom stereocenters. The zero-order chi connectivity index (χ0) is 21.1. The average Bonchev–Trinajstić information content (AvgIpc) is 2.79. The summed E-state index contributed by atoms with van der Waals surface area (Å²) in [7, 11) is -3.56. The Morgan fingerprint density at radius 1 is 0.967 bits per heavy atom. The molecule has 0 N–H and O–H groups in total. The number of piperazine rings is 1. The normalized spacial score (nSPS) is 15.4. The number of fused-ring (bicyclic) bond motifs is 1. The second kappa shape index (κ2) is 8.53. The molecule has 156 valence electrons. The van der Waals surface area contributed by atoms with Gasteiger partial charge in [0, 0.05) is 37.8 Å². The van der Waals surface area contributed by atoms with Crippen LogP contribution in [-0.4, -0.2) is 54.7 Å². The molecule has 6 nitrogen and oxygen atoms in total. The van der Waals surface area contributed by atoms with Gasteiger partial charge in [0.15, 0.2) is 0 Å². The third-order valence-electron chi connectivity index (χ3n) is 5.49. The van der Waals surface area contributed by atoms with Crippen molar-refractivity contribution in [3.8, 4) is 0 Å². The lowest BCUT2D eigenvalue weighted by Crippen LogP contribution is -2.50. The van der Waals surface area contributed by atoms with Crippen molar-refractivity contribution in [3.63, 3.8) is 0 Å². The van der Waals surface area contributed by atoms with Crippen molar-refractivity contribution in [1.82, 2.24) is 14.2 Å². The van der Waals surface area contributed by atoms with Gasteiger partial charge in [-0.25, -0.2) is 8.42 Å². The number of amides is 1. The summed E-state index contributed by atoms with van der Waals surface area (Å²) in [5.74, 6) is -0.111. The van der Waals surface area contributed by atoms with Crippen molar-refractivity contribution in [2.24, 2.45) is 0 Å². The van der Waals surface area contributed by atoms with Gasteiger partial charge in [0.05, 0.1) is 16.0 Å². The molecular formula is C23H25N3O3S. The van der Waals surface area contributed by atoms with Crippen LogP contribution in [0.25, 0.3) is 10.9 Å². The quantitative estimate of drug-likeness (QED) is 0.631. The molecule has 0 bridgehead atoms. The van der Waals surface area contributed by atoms with E-state index < -0.39 is 10.0 Å². The fourth-order valence-corrected chi connectivity index (χ4v) is 5.27. The van der Waals surface area contributed by atoms with E-state index in [1.807, 2.05) is 36.4 Å². The smallest absolute Gasteiger partial charge is 0.256 e. The Kier molecular flexibility index (Phi) is 5.83. The molecule has 1 saturated heterocycles. The molecule has 4 rings (SSSR count). The Morgan fingerprint density at radius 2 is 1.67 bits per heavy atom. The number of para-hydroxylation sites is 1. The minimum atomic E-state index is -3.56. The van der Waals surface area contributed by atoms with Crippen LogP contribution < -0.4 is 0 Å². The summed E-state index contributed by atoms with van der Waals surface area (Å²) >= 11 is 0. The first-order valence-electron chi connectivity index (χ1n) is 10.2. The first kappa shape index (κ1) is 20.5. The van der Waals surface area contributed by atoms with Crippen LogP contribution in [0.15, 0.2) is 65.7 Å². The predicted octanol–water partition coefficient (Wildman–Crippen LogP) is 3.33. The molecule has 1 amide bonds. The minimum absolute atomic E-state index is 0.111. The van der Waals surface area contributed by atoms with Gasteiger partial charge in [-0.2, -0.15) is 4.31 Å². The van der Waals surface area contributed by atoms with Gasteiger partial charge in [-0.05, 0) is 36.2 Å². The van der Waals surface area contributed by atoms with Gasteiger partial charge in [-0.15, -0.1) is 0 Å². The van der Waals surface area contributed by atoms with Crippen LogP contribution in [0.3, 0.4) is 0 Å². The van der Waals surface area contributed by atoms with E-state index in [4.69, 9.17) is 0 Å². The molecular weight excluding hydrogens is 398 g/mol. The number of hydrogen-bond acceptors (Lipinski definition) is 4. The van der Waals surface area contributed by atoms with Crippen LogP contribution in [0.4, 0.5) is 0 Å². The summed E-state index contributed by atoms with van der Waals surface area (Å²) in [5, 5.41) is 0.913. The zero-order valence-electron chi connectivity index (χ0n) is 17.0. The van der Waals surface area contributed by atoms with Crippen molar-refractivity contribution in [1.29, 1.82) is 0 Å². The van der Waals surface area contributed by atoms with Gasteiger partial charge in [0.25, 0.3) is 5.91 Å². The lowest BCUT2D eigenvalue weighted by molar-refractivity contribution is 0.0699. The molecule has 1 fully saturated rings. The topological polar surface area (TPSA) is 70.6 Å². The first-order valence-corrected chi connectivity index (χ1v) is 11.7. The summed E-state index contributed by atoms with van der Waals surface area (Å²) in [6, 6.07) is 16.4. The monoisotopic (exact) mass is 423 g/mol. The van der Waals surface area contributed by atoms with E-state index in [0.29, 0.717) is 29.1 Å². The fraction of sp³-hybridized carbons (Fsp3) is 0.304. The second-order valence-electron chi connectivity index (χ2n) is 7.47. The maximum absolute atomic E-state index is 13.1. The van der Waals surface area contributed by atoms with Gasteiger partial charge in [0.2, 0.25) is 10.0 Å². The molecule has 0 aliphatic carbocycles. The molecule has 1 aliphatic rings. The largest absolute Gasteiger partial charge is 0.336 e. The second-order valence-corrected chi connectivity index (χ2v) is 9.41. The van der Waals surface area contributed by atoms with E-state index in [-0.39, 0.29) is 19.0 Å². The maximum atomic E-state index is 13.1. The highest BCUT2D eigenvalue weighted by atomic mass is 32.2. The third kappa shape index (κ3) is 3.95. The molecule has 1 aliphatic heterocycles. The molecule has 1 aromatic heterocycles. The average molecular weight is 424 g/mol. The molecule has 0 saturated carbocycles. The van der Waals surface area contributed by atoms with Gasteiger partial charge in [-0.1, -0.05) is 43.7 Å². The predicted molar refractivity (Wildman–Crippen MR) is 117 cm³/mol. The number of carbonyl (C=O) groups excluding carboxylic acids is 1. The number of rotatable bonds is 5. The number of sulfonamides is 1. The van der Waals surface area contributed by atoms with E-state index in [9.17, 15) is 13.2 Å². The minimum Gasteiger partial charge on any atom is -0.336 e. The van der Waals surface area contributed by atoms with Crippen molar-refractivity contribution < 1.29 is 13.2 Å². The number of benzene rings is 2. The van der Waals surface area contributed by atoms with Crippen LogP contribution >= 0.6 is 0 Å². The molecule has 7 heteroatoms. The van der Waals surface area contributed by atoms with Gasteiger partial charge < -0.3 is 4.90 Å². The molecule has 0 spiro atoms. The summed E-state index contributed by atoms with van der Waals surface area (Å²) in [4.78, 5) is 19.4. The van der Waals surface area contributed by atoms with Gasteiger partial charge in [-0.3, -0.25) is 9.78 Å². The van der Waals surface area contributed by atoms with Gasteiger partial charge in [0.1, 0.15) is 0 Å². The molecule has 0 atom stereocenters. The molecule has 0 radical (unpaired) electrons. The molecule has 2 heterocycles. The van der Waals surface area contributed by atoms with Crippen LogP contribution in [0.1, 0.15) is 29.3 Å². The van der Waals surface area contributed by atoms with Gasteiger partial charge >= 0.3 is 0 Å². The number of nitrogens with zero attached hydrogens (tertiary/aromatic N) is 3. The van der Waals surface area contributed by atoms with Crippen molar-refractivity contribution in [3.05, 3.63) is 71.9 Å². The summed E-state index contributed by atoms with van der Waals surface area (Å²) in [6.45, 7) is 3.37. The van der Waals surface area contributed by atoms with E-state index in [0.717, 1.165) is 23.8 Å². The van der Waals surface area contributed by atoms with Crippen molar-refractivity contribution in [2.75, 3.05) is 26.2 Å². The highest BCUT2D eigenvalue weighted by molar-refractivity contribution is 7.89. The van der Waals surface area contributed by atoms with E-state index in [1.165, 1.54) is 4.31 Å².